The van der Waals surface area contributed by atoms with E-state index in [9.17, 15) is 18.0 Å². The number of rotatable bonds is 3. The van der Waals surface area contributed by atoms with Crippen molar-refractivity contribution in [2.24, 2.45) is 0 Å². The van der Waals surface area contributed by atoms with Crippen molar-refractivity contribution in [3.63, 3.8) is 0 Å². The van der Waals surface area contributed by atoms with E-state index in [4.69, 9.17) is 4.42 Å². The van der Waals surface area contributed by atoms with Crippen LogP contribution in [0, 0.1) is 6.92 Å². The first-order chi connectivity index (χ1) is 15.3. The molecular formula is C21H19F3N6O2. The number of hydrogen-bond acceptors (Lipinski definition) is 6. The largest absolute Gasteiger partial charge is 0.433 e. The average Bonchev–Trinajstić information content (AvgIpc) is 3.40. The van der Waals surface area contributed by atoms with Gasteiger partial charge in [0.05, 0.1) is 11.3 Å². The first-order valence-electron chi connectivity index (χ1n) is 10.2. The van der Waals surface area contributed by atoms with E-state index >= 15 is 0 Å². The van der Waals surface area contributed by atoms with Gasteiger partial charge in [-0.2, -0.15) is 17.7 Å². The molecule has 4 heterocycles. The molecule has 1 aromatic carbocycles. The lowest BCUT2D eigenvalue weighted by Gasteiger charge is -2.18. The minimum atomic E-state index is -4.72. The Morgan fingerprint density at radius 3 is 2.62 bits per heavy atom. The minimum absolute atomic E-state index is 0.0248. The summed E-state index contributed by atoms with van der Waals surface area (Å²) in [5, 5.41) is 13.5. The molecule has 0 aliphatic carbocycles. The summed E-state index contributed by atoms with van der Waals surface area (Å²) in [6.45, 7) is 3.14. The lowest BCUT2D eigenvalue weighted by atomic mass is 10.00. The van der Waals surface area contributed by atoms with E-state index in [0.717, 1.165) is 23.9 Å². The Labute approximate surface area is 179 Å². The van der Waals surface area contributed by atoms with Gasteiger partial charge in [-0.3, -0.25) is 9.89 Å². The fraction of sp³-hybridized carbons (Fsp3) is 0.333. The van der Waals surface area contributed by atoms with Gasteiger partial charge >= 0.3 is 6.18 Å². The summed E-state index contributed by atoms with van der Waals surface area (Å²) in [5.74, 6) is 0.361. The highest BCUT2D eigenvalue weighted by Gasteiger charge is 2.38. The zero-order valence-electron chi connectivity index (χ0n) is 17.0. The summed E-state index contributed by atoms with van der Waals surface area (Å²) in [7, 11) is 0. The highest BCUT2D eigenvalue weighted by molar-refractivity contribution is 5.81. The summed E-state index contributed by atoms with van der Waals surface area (Å²) in [6, 6.07) is 8.02. The van der Waals surface area contributed by atoms with Crippen LogP contribution in [-0.4, -0.2) is 37.9 Å². The molecule has 166 valence electrons. The highest BCUT2D eigenvalue weighted by Crippen LogP contribution is 2.38. The van der Waals surface area contributed by atoms with Gasteiger partial charge in [-0.25, -0.2) is 4.98 Å². The van der Waals surface area contributed by atoms with E-state index in [1.807, 2.05) is 0 Å². The third-order valence-electron chi connectivity index (χ3n) is 5.61. The minimum Gasteiger partial charge on any atom is -0.420 e. The Hall–Kier alpha value is -3.47. The van der Waals surface area contributed by atoms with Crippen LogP contribution in [-0.2, 0) is 6.18 Å². The van der Waals surface area contributed by atoms with Crippen molar-refractivity contribution in [2.75, 3.05) is 13.1 Å². The topological polar surface area (TPSA) is 101 Å². The third kappa shape index (κ3) is 3.38. The number of aromatic nitrogens is 5. The zero-order chi connectivity index (χ0) is 22.5. The number of H-pyrrole nitrogens is 1. The molecule has 1 atom stereocenters. The summed E-state index contributed by atoms with van der Waals surface area (Å²) >= 11 is 0. The van der Waals surface area contributed by atoms with E-state index in [0.29, 0.717) is 18.0 Å². The summed E-state index contributed by atoms with van der Waals surface area (Å²) in [6.07, 6.45) is -2.89. The molecule has 1 unspecified atom stereocenters. The Morgan fingerprint density at radius 1 is 1.16 bits per heavy atom. The van der Waals surface area contributed by atoms with Crippen LogP contribution >= 0.6 is 0 Å². The molecule has 4 aromatic rings. The average molecular weight is 444 g/mol. The maximum atomic E-state index is 13.8. The van der Waals surface area contributed by atoms with Gasteiger partial charge in [-0.1, -0.05) is 30.3 Å². The first-order valence-corrected chi connectivity index (χ1v) is 10.2. The van der Waals surface area contributed by atoms with E-state index in [2.05, 4.69) is 25.6 Å². The van der Waals surface area contributed by atoms with Crippen LogP contribution in [0.3, 0.4) is 0 Å². The highest BCUT2D eigenvalue weighted by atomic mass is 19.4. The Bertz CT molecular complexity index is 1330. The molecule has 1 fully saturated rings. The maximum Gasteiger partial charge on any atom is 0.433 e. The Balaban J connectivity index is 1.69. The predicted octanol–water partition coefficient (Wildman–Crippen LogP) is 3.53. The third-order valence-corrected chi connectivity index (χ3v) is 5.61. The number of hydrogen-bond donors (Lipinski definition) is 2. The Kier molecular flexibility index (Phi) is 4.85. The van der Waals surface area contributed by atoms with Gasteiger partial charge in [-0.15, -0.1) is 10.2 Å². The number of halogens is 3. The van der Waals surface area contributed by atoms with Crippen molar-refractivity contribution in [1.82, 2.24) is 30.1 Å². The fourth-order valence-electron chi connectivity index (χ4n) is 4.07. The van der Waals surface area contributed by atoms with Crippen molar-refractivity contribution in [3.05, 3.63) is 58.0 Å². The lowest BCUT2D eigenvalue weighted by molar-refractivity contribution is -0.140. The van der Waals surface area contributed by atoms with Crippen molar-refractivity contribution >= 4 is 5.65 Å². The number of alkyl halides is 3. The molecule has 0 bridgehead atoms. The molecule has 3 aromatic heterocycles. The summed E-state index contributed by atoms with van der Waals surface area (Å²) in [4.78, 5) is 17.6. The normalized spacial score (nSPS) is 17.2. The number of aromatic amines is 1. The van der Waals surface area contributed by atoms with Gasteiger partial charge in [0.25, 0.3) is 11.4 Å². The molecule has 1 saturated heterocycles. The molecule has 0 saturated carbocycles. The van der Waals surface area contributed by atoms with Crippen LogP contribution in [0.15, 0.2) is 39.5 Å². The molecule has 0 spiro atoms. The summed E-state index contributed by atoms with van der Waals surface area (Å²) < 4.78 is 48.0. The molecule has 2 N–H and O–H groups in total. The van der Waals surface area contributed by atoms with E-state index in [1.165, 1.54) is 19.1 Å². The Morgan fingerprint density at radius 2 is 1.94 bits per heavy atom. The van der Waals surface area contributed by atoms with Crippen LogP contribution in [0.5, 0.6) is 0 Å². The van der Waals surface area contributed by atoms with Gasteiger partial charge in [0.15, 0.2) is 5.65 Å². The SMILES string of the molecule is Cc1nc2c(-c3ccccc3)c(C(F)(F)F)[nH]n2c(=O)c1-c1nnc(C2CCCNC2)o1. The van der Waals surface area contributed by atoms with Crippen molar-refractivity contribution in [2.45, 2.75) is 31.9 Å². The smallest absolute Gasteiger partial charge is 0.420 e. The quantitative estimate of drug-likeness (QED) is 0.501. The van der Waals surface area contributed by atoms with Gasteiger partial charge in [0.1, 0.15) is 11.3 Å². The first kappa shape index (κ1) is 20.4. The number of nitrogens with zero attached hydrogens (tertiary/aromatic N) is 4. The fourth-order valence-corrected chi connectivity index (χ4v) is 4.07. The van der Waals surface area contributed by atoms with Crippen molar-refractivity contribution in [3.8, 4) is 22.6 Å². The van der Waals surface area contributed by atoms with E-state index in [-0.39, 0.29) is 34.3 Å². The molecule has 8 nitrogen and oxygen atoms in total. The van der Waals surface area contributed by atoms with E-state index in [1.54, 1.807) is 18.2 Å². The lowest BCUT2D eigenvalue weighted by Crippen LogP contribution is -2.28. The molecule has 32 heavy (non-hydrogen) atoms. The summed E-state index contributed by atoms with van der Waals surface area (Å²) in [5.41, 5.74) is -1.63. The maximum absolute atomic E-state index is 13.8. The molecule has 1 aliphatic heterocycles. The van der Waals surface area contributed by atoms with Crippen LogP contribution in [0.25, 0.3) is 28.2 Å². The number of nitrogens with one attached hydrogen (secondary N) is 2. The molecule has 11 heteroatoms. The predicted molar refractivity (Wildman–Crippen MR) is 109 cm³/mol. The second kappa shape index (κ2) is 7.59. The van der Waals surface area contributed by atoms with Crippen LogP contribution in [0.2, 0.25) is 0 Å². The standard InChI is InChI=1S/C21H19F3N6O2/c1-11-14(19-28-27-18(32-19)13-8-5-9-25-10-13)20(31)30-17(26-11)15(12-6-3-2-4-7-12)16(29-30)21(22,23)24/h2-4,6-7,13,25,29H,5,8-10H2,1H3. The number of benzene rings is 1. The monoisotopic (exact) mass is 444 g/mol. The van der Waals surface area contributed by atoms with Crippen LogP contribution in [0.1, 0.15) is 36.0 Å². The second-order valence-corrected chi connectivity index (χ2v) is 7.75. The molecule has 5 rings (SSSR count). The number of piperidine rings is 1. The molecular weight excluding hydrogens is 425 g/mol. The number of aryl methyl sites for hydroxylation is 1. The van der Waals surface area contributed by atoms with E-state index < -0.39 is 17.4 Å². The van der Waals surface area contributed by atoms with Gasteiger partial charge < -0.3 is 9.73 Å². The molecule has 1 aliphatic rings. The zero-order valence-corrected chi connectivity index (χ0v) is 17.0. The molecule has 0 amide bonds. The van der Waals surface area contributed by atoms with Crippen molar-refractivity contribution in [1.29, 1.82) is 0 Å². The van der Waals surface area contributed by atoms with Gasteiger partial charge in [0, 0.05) is 12.5 Å². The number of fused-ring (bicyclic) bond motifs is 1. The van der Waals surface area contributed by atoms with Crippen molar-refractivity contribution < 1.29 is 17.6 Å². The molecule has 0 radical (unpaired) electrons. The van der Waals surface area contributed by atoms with Crippen LogP contribution < -0.4 is 10.9 Å². The van der Waals surface area contributed by atoms with Gasteiger partial charge in [0.2, 0.25) is 5.89 Å². The van der Waals surface area contributed by atoms with Gasteiger partial charge in [-0.05, 0) is 31.9 Å². The second-order valence-electron chi connectivity index (χ2n) is 7.75. The van der Waals surface area contributed by atoms with Crippen LogP contribution in [0.4, 0.5) is 13.2 Å².